The van der Waals surface area contributed by atoms with E-state index in [-0.39, 0.29) is 11.7 Å². The van der Waals surface area contributed by atoms with Gasteiger partial charge in [-0.1, -0.05) is 41.9 Å². The summed E-state index contributed by atoms with van der Waals surface area (Å²) in [6.07, 6.45) is 4.02. The zero-order chi connectivity index (χ0) is 20.2. The van der Waals surface area contributed by atoms with Gasteiger partial charge in [-0.3, -0.25) is 14.5 Å². The Morgan fingerprint density at radius 1 is 1.10 bits per heavy atom. The average molecular weight is 409 g/mol. The fourth-order valence-electron chi connectivity index (χ4n) is 3.15. The molecule has 7 heteroatoms. The van der Waals surface area contributed by atoms with E-state index in [9.17, 15) is 9.18 Å². The summed E-state index contributed by atoms with van der Waals surface area (Å²) in [5, 5.41) is 8.63. The van der Waals surface area contributed by atoms with Crippen LogP contribution in [0.3, 0.4) is 0 Å². The summed E-state index contributed by atoms with van der Waals surface area (Å²) < 4.78 is 15.3. The number of amides is 1. The van der Waals surface area contributed by atoms with Crippen molar-refractivity contribution < 1.29 is 9.18 Å². The number of pyridine rings is 1. The number of fused-ring (bicyclic) bond motifs is 1. The van der Waals surface area contributed by atoms with Crippen LogP contribution in [0.2, 0.25) is 5.02 Å². The smallest absolute Gasteiger partial charge is 0.252 e. The second-order valence-corrected chi connectivity index (χ2v) is 7.01. The lowest BCUT2D eigenvalue weighted by molar-refractivity contribution is 0.0952. The minimum Gasteiger partial charge on any atom is -0.352 e. The van der Waals surface area contributed by atoms with Crippen LogP contribution < -0.4 is 5.32 Å². The molecular formula is C22H18ClFN4O. The van der Waals surface area contributed by atoms with Gasteiger partial charge in [0, 0.05) is 30.2 Å². The van der Waals surface area contributed by atoms with Crippen LogP contribution in [-0.2, 0) is 6.54 Å². The monoisotopic (exact) mass is 408 g/mol. The highest BCUT2D eigenvalue weighted by molar-refractivity contribution is 6.33. The van der Waals surface area contributed by atoms with Crippen molar-refractivity contribution in [1.82, 2.24) is 20.1 Å². The molecule has 4 rings (SSSR count). The zero-order valence-corrected chi connectivity index (χ0v) is 16.2. The number of halogens is 2. The van der Waals surface area contributed by atoms with Crippen LogP contribution in [0, 0.1) is 5.82 Å². The predicted molar refractivity (Wildman–Crippen MR) is 111 cm³/mol. The highest BCUT2D eigenvalue weighted by atomic mass is 35.5. The van der Waals surface area contributed by atoms with Crippen molar-refractivity contribution in [2.75, 3.05) is 6.54 Å². The molecule has 0 spiro atoms. The van der Waals surface area contributed by atoms with Crippen LogP contribution in [0.1, 0.15) is 16.8 Å². The number of nitrogens with zero attached hydrogens (tertiary/aromatic N) is 3. The van der Waals surface area contributed by atoms with Crippen LogP contribution in [0.5, 0.6) is 0 Å². The normalized spacial score (nSPS) is 11.0. The first-order valence-electron chi connectivity index (χ1n) is 9.22. The molecule has 1 N–H and O–H groups in total. The van der Waals surface area contributed by atoms with Crippen LogP contribution in [-0.4, -0.2) is 27.2 Å². The van der Waals surface area contributed by atoms with E-state index in [1.807, 2.05) is 35.1 Å². The molecule has 146 valence electrons. The third kappa shape index (κ3) is 4.27. The molecule has 0 aliphatic carbocycles. The van der Waals surface area contributed by atoms with Gasteiger partial charge in [-0.25, -0.2) is 4.39 Å². The summed E-state index contributed by atoms with van der Waals surface area (Å²) in [6, 6.07) is 15.6. The Morgan fingerprint density at radius 3 is 2.79 bits per heavy atom. The molecule has 0 atom stereocenters. The summed E-state index contributed by atoms with van der Waals surface area (Å²) in [4.78, 5) is 16.6. The van der Waals surface area contributed by atoms with E-state index in [2.05, 4.69) is 15.4 Å². The highest BCUT2D eigenvalue weighted by Gasteiger charge is 2.12. The molecule has 0 bridgehead atoms. The van der Waals surface area contributed by atoms with Gasteiger partial charge < -0.3 is 5.32 Å². The minimum absolute atomic E-state index is 0.254. The molecule has 0 radical (unpaired) electrons. The first-order chi connectivity index (χ1) is 14.1. The molecule has 0 fully saturated rings. The third-order valence-electron chi connectivity index (χ3n) is 4.58. The van der Waals surface area contributed by atoms with E-state index >= 15 is 0 Å². The number of hydrogen-bond donors (Lipinski definition) is 1. The molecule has 0 aliphatic heterocycles. The lowest BCUT2D eigenvalue weighted by Gasteiger charge is -2.08. The van der Waals surface area contributed by atoms with Gasteiger partial charge in [0.15, 0.2) is 0 Å². The van der Waals surface area contributed by atoms with Gasteiger partial charge >= 0.3 is 0 Å². The van der Waals surface area contributed by atoms with E-state index in [4.69, 9.17) is 11.6 Å². The predicted octanol–water partition coefficient (Wildman–Crippen LogP) is 4.71. The molecule has 1 amide bonds. The molecule has 2 aromatic heterocycles. The van der Waals surface area contributed by atoms with Gasteiger partial charge in [-0.2, -0.15) is 5.10 Å². The number of para-hydroxylation sites is 1. The molecule has 0 aliphatic rings. The lowest BCUT2D eigenvalue weighted by Crippen LogP contribution is -2.25. The van der Waals surface area contributed by atoms with Gasteiger partial charge in [0.05, 0.1) is 28.0 Å². The van der Waals surface area contributed by atoms with Crippen molar-refractivity contribution in [2.24, 2.45) is 0 Å². The standard InChI is InChI=1S/C22H18ClFN4O/c23-19-12-17(13-26-21(19)15-6-3-7-18(24)11-15)22(29)25-9-4-10-28-20-8-2-1-5-16(20)14-27-28/h1-3,5-8,11-14H,4,9-10H2,(H,25,29). The third-order valence-corrected chi connectivity index (χ3v) is 4.87. The highest BCUT2D eigenvalue weighted by Crippen LogP contribution is 2.26. The number of aromatic nitrogens is 3. The van der Waals surface area contributed by atoms with Crippen LogP contribution in [0.15, 0.2) is 67.0 Å². The summed E-state index contributed by atoms with van der Waals surface area (Å²) in [5.74, 6) is -0.623. The number of nitrogens with one attached hydrogen (secondary N) is 1. The van der Waals surface area contributed by atoms with Crippen LogP contribution in [0.25, 0.3) is 22.2 Å². The van der Waals surface area contributed by atoms with Crippen molar-refractivity contribution in [1.29, 1.82) is 0 Å². The number of rotatable bonds is 6. The maximum Gasteiger partial charge on any atom is 0.252 e. The number of carbonyl (C=O) groups excluding carboxylic acids is 1. The summed E-state index contributed by atoms with van der Waals surface area (Å²) >= 11 is 6.27. The zero-order valence-electron chi connectivity index (χ0n) is 15.5. The Labute approximate surface area is 172 Å². The molecule has 29 heavy (non-hydrogen) atoms. The lowest BCUT2D eigenvalue weighted by atomic mass is 10.1. The average Bonchev–Trinajstić information content (AvgIpc) is 3.14. The van der Waals surface area contributed by atoms with E-state index in [0.29, 0.717) is 34.9 Å². The largest absolute Gasteiger partial charge is 0.352 e. The van der Waals surface area contributed by atoms with E-state index in [0.717, 1.165) is 17.3 Å². The van der Waals surface area contributed by atoms with Gasteiger partial charge in [0.1, 0.15) is 5.82 Å². The molecule has 2 heterocycles. The Morgan fingerprint density at radius 2 is 1.97 bits per heavy atom. The quantitative estimate of drug-likeness (QED) is 0.470. The van der Waals surface area contributed by atoms with Crippen LogP contribution >= 0.6 is 11.6 Å². The molecule has 2 aromatic carbocycles. The van der Waals surface area contributed by atoms with Gasteiger partial charge in [-0.05, 0) is 30.7 Å². The maximum atomic E-state index is 13.4. The molecule has 5 nitrogen and oxygen atoms in total. The van der Waals surface area contributed by atoms with Gasteiger partial charge in [0.25, 0.3) is 5.91 Å². The van der Waals surface area contributed by atoms with Crippen molar-refractivity contribution >= 4 is 28.4 Å². The van der Waals surface area contributed by atoms with Gasteiger partial charge in [-0.15, -0.1) is 0 Å². The Kier molecular flexibility index (Phi) is 5.53. The number of hydrogen-bond acceptors (Lipinski definition) is 3. The minimum atomic E-state index is -0.368. The Balaban J connectivity index is 1.35. The number of carbonyl (C=O) groups is 1. The molecule has 0 unspecified atom stereocenters. The fraction of sp³-hybridized carbons (Fsp3) is 0.136. The molecular weight excluding hydrogens is 391 g/mol. The number of aryl methyl sites for hydroxylation is 1. The van der Waals surface area contributed by atoms with Crippen LogP contribution in [0.4, 0.5) is 4.39 Å². The first kappa shape index (κ1) is 19.1. The van der Waals surface area contributed by atoms with Gasteiger partial charge in [0.2, 0.25) is 0 Å². The summed E-state index contributed by atoms with van der Waals surface area (Å²) in [5.41, 5.74) is 2.43. The SMILES string of the molecule is O=C(NCCCn1ncc2ccccc21)c1cnc(-c2cccc(F)c2)c(Cl)c1. The van der Waals surface area contributed by atoms with E-state index in [1.165, 1.54) is 18.3 Å². The van der Waals surface area contributed by atoms with Crippen molar-refractivity contribution in [3.8, 4) is 11.3 Å². The second kappa shape index (κ2) is 8.41. The fourth-order valence-corrected chi connectivity index (χ4v) is 3.42. The van der Waals surface area contributed by atoms with Crippen molar-refractivity contribution in [3.05, 3.63) is 83.4 Å². The van der Waals surface area contributed by atoms with E-state index < -0.39 is 0 Å². The summed E-state index contributed by atoms with van der Waals surface area (Å²) in [7, 11) is 0. The van der Waals surface area contributed by atoms with Crippen molar-refractivity contribution in [2.45, 2.75) is 13.0 Å². The number of benzene rings is 2. The molecule has 0 saturated heterocycles. The molecule has 0 saturated carbocycles. The Hall–Kier alpha value is -3.25. The topological polar surface area (TPSA) is 59.8 Å². The first-order valence-corrected chi connectivity index (χ1v) is 9.60. The summed E-state index contributed by atoms with van der Waals surface area (Å²) in [6.45, 7) is 1.20. The Bertz CT molecular complexity index is 1170. The maximum absolute atomic E-state index is 13.4. The molecule has 4 aromatic rings. The van der Waals surface area contributed by atoms with Crippen molar-refractivity contribution in [3.63, 3.8) is 0 Å². The second-order valence-electron chi connectivity index (χ2n) is 6.60. The van der Waals surface area contributed by atoms with E-state index in [1.54, 1.807) is 18.2 Å².